The van der Waals surface area contributed by atoms with E-state index in [-0.39, 0.29) is 23.9 Å². The fraction of sp³-hybridized carbons (Fsp3) is 0.240. The van der Waals surface area contributed by atoms with E-state index in [4.69, 9.17) is 16.2 Å². The predicted octanol–water partition coefficient (Wildman–Crippen LogP) is 4.46. The lowest BCUT2D eigenvalue weighted by atomic mass is 9.99. The molecule has 5 N–H and O–H groups in total. The predicted molar refractivity (Wildman–Crippen MR) is 128 cm³/mol. The normalized spacial score (nSPS) is 9.74. The molecular formula is C25H31N3O3. The average Bonchev–Trinajstić information content (AvgIpc) is 2.75. The number of aliphatic hydroxyl groups is 1. The van der Waals surface area contributed by atoms with Crippen LogP contribution in [0.25, 0.3) is 10.8 Å². The number of nitrogens with one attached hydrogen (secondary N) is 2. The first-order chi connectivity index (χ1) is 14.8. The highest BCUT2D eigenvalue weighted by Crippen LogP contribution is 2.20. The van der Waals surface area contributed by atoms with Crippen molar-refractivity contribution in [3.63, 3.8) is 0 Å². The fourth-order valence-electron chi connectivity index (χ4n) is 2.73. The van der Waals surface area contributed by atoms with Crippen LogP contribution in [0.2, 0.25) is 0 Å². The zero-order valence-corrected chi connectivity index (χ0v) is 18.5. The molecule has 0 fully saturated rings. The molecule has 0 saturated carbocycles. The van der Waals surface area contributed by atoms with Crippen LogP contribution < -0.4 is 11.1 Å². The number of nitrogens with two attached hydrogens (primary N) is 1. The largest absolute Gasteiger partial charge is 0.400 e. The van der Waals surface area contributed by atoms with Gasteiger partial charge >= 0.3 is 0 Å². The van der Waals surface area contributed by atoms with E-state index >= 15 is 0 Å². The topological polar surface area (TPSA) is 116 Å². The molecule has 0 bridgehead atoms. The summed E-state index contributed by atoms with van der Waals surface area (Å²) < 4.78 is 0. The third-order valence-corrected chi connectivity index (χ3v) is 4.33. The van der Waals surface area contributed by atoms with E-state index in [2.05, 4.69) is 61.6 Å². The zero-order chi connectivity index (χ0) is 23.4. The molecule has 164 valence electrons. The Balaban J connectivity index is 0.000000291. The highest BCUT2D eigenvalue weighted by Gasteiger charge is 2.05. The summed E-state index contributed by atoms with van der Waals surface area (Å²) in [4.78, 5) is 21.9. The number of hydrogen-bond donors (Lipinski definition) is 4. The monoisotopic (exact) mass is 421 g/mol. The third kappa shape index (κ3) is 8.80. The maximum Gasteiger partial charge on any atom is 0.231 e. The molecule has 0 saturated heterocycles. The number of hydrogen-bond acceptors (Lipinski definition) is 4. The van der Waals surface area contributed by atoms with Gasteiger partial charge in [0, 0.05) is 18.4 Å². The number of Topliss-reactive ketones (excluding diaryl/α,β-unsaturated/α-hetero) is 1. The van der Waals surface area contributed by atoms with E-state index in [0.29, 0.717) is 17.2 Å². The standard InChI is InChI=1S/C13H14.C11H13N3O2.CH4O/c1-10(2)12-8-7-11-5-3-4-6-13(11)9-12;1-7(15)6-10(16)14-9-4-2-8(3-5-9)11(12)13;1-2/h3-10H,1-2H3;2-5H,6H2,1H3,(H3,12,13)(H,14,16);2H,1H3. The van der Waals surface area contributed by atoms with Crippen LogP contribution in [0.3, 0.4) is 0 Å². The number of fused-ring (bicyclic) bond motifs is 1. The van der Waals surface area contributed by atoms with Gasteiger partial charge in [-0.15, -0.1) is 0 Å². The van der Waals surface area contributed by atoms with Crippen LogP contribution in [0.5, 0.6) is 0 Å². The number of carbonyl (C=O) groups excluding carboxylic acids is 2. The van der Waals surface area contributed by atoms with E-state index in [9.17, 15) is 9.59 Å². The van der Waals surface area contributed by atoms with E-state index in [1.165, 1.54) is 23.3 Å². The SMILES string of the molecule is CC(=O)CC(=O)Nc1ccc(C(=N)N)cc1.CC(C)c1ccc2ccccc2c1.CO. The summed E-state index contributed by atoms with van der Waals surface area (Å²) in [6, 6.07) is 21.7. The lowest BCUT2D eigenvalue weighted by Crippen LogP contribution is -2.15. The highest BCUT2D eigenvalue weighted by molar-refractivity contribution is 6.03. The van der Waals surface area contributed by atoms with Crippen LogP contribution in [-0.4, -0.2) is 29.7 Å². The molecule has 0 heterocycles. The van der Waals surface area contributed by atoms with Gasteiger partial charge in [0.1, 0.15) is 11.6 Å². The van der Waals surface area contributed by atoms with Gasteiger partial charge in [-0.2, -0.15) is 0 Å². The van der Waals surface area contributed by atoms with Crippen molar-refractivity contribution < 1.29 is 14.7 Å². The van der Waals surface area contributed by atoms with Crippen molar-refractivity contribution in [2.24, 2.45) is 5.73 Å². The fourth-order valence-corrected chi connectivity index (χ4v) is 2.73. The second kappa shape index (κ2) is 12.9. The first kappa shape index (κ1) is 25.5. The molecule has 0 aliphatic rings. The molecule has 0 aromatic heterocycles. The van der Waals surface area contributed by atoms with Gasteiger partial charge in [-0.3, -0.25) is 15.0 Å². The van der Waals surface area contributed by atoms with Crippen LogP contribution in [0, 0.1) is 5.41 Å². The number of aliphatic hydroxyl groups excluding tert-OH is 1. The van der Waals surface area contributed by atoms with Gasteiger partial charge in [-0.1, -0.05) is 56.3 Å². The molecule has 3 aromatic rings. The van der Waals surface area contributed by atoms with Gasteiger partial charge in [0.15, 0.2) is 0 Å². The van der Waals surface area contributed by atoms with E-state index in [1.807, 2.05) is 0 Å². The van der Waals surface area contributed by atoms with Crippen molar-refractivity contribution >= 4 is 34.0 Å². The molecule has 0 radical (unpaired) electrons. The number of carbonyl (C=O) groups is 2. The smallest absolute Gasteiger partial charge is 0.231 e. The number of benzene rings is 3. The van der Waals surface area contributed by atoms with Gasteiger partial charge < -0.3 is 16.2 Å². The molecule has 0 atom stereocenters. The minimum Gasteiger partial charge on any atom is -0.400 e. The first-order valence-electron chi connectivity index (χ1n) is 9.93. The Morgan fingerprint density at radius 3 is 2.06 bits per heavy atom. The Morgan fingerprint density at radius 1 is 0.968 bits per heavy atom. The molecule has 0 aliphatic carbocycles. The van der Waals surface area contributed by atoms with Crippen LogP contribution in [-0.2, 0) is 9.59 Å². The molecule has 31 heavy (non-hydrogen) atoms. The number of amides is 1. The van der Waals surface area contributed by atoms with Gasteiger partial charge in [0.2, 0.25) is 5.91 Å². The van der Waals surface area contributed by atoms with E-state index in [1.54, 1.807) is 24.3 Å². The molecule has 1 amide bonds. The summed E-state index contributed by atoms with van der Waals surface area (Å²) in [5, 5.41) is 19.4. The number of nitrogen functional groups attached to an aromatic ring is 1. The van der Waals surface area contributed by atoms with Crippen molar-refractivity contribution in [3.05, 3.63) is 77.9 Å². The molecule has 0 aliphatic heterocycles. The van der Waals surface area contributed by atoms with Gasteiger partial charge in [-0.05, 0) is 53.4 Å². The van der Waals surface area contributed by atoms with Crippen molar-refractivity contribution in [1.82, 2.24) is 0 Å². The lowest BCUT2D eigenvalue weighted by Gasteiger charge is -2.06. The highest BCUT2D eigenvalue weighted by atomic mass is 16.2. The average molecular weight is 422 g/mol. The second-order valence-corrected chi connectivity index (χ2v) is 7.18. The van der Waals surface area contributed by atoms with Crippen LogP contribution in [0.15, 0.2) is 66.7 Å². The summed E-state index contributed by atoms with van der Waals surface area (Å²) in [7, 11) is 1.00. The summed E-state index contributed by atoms with van der Waals surface area (Å²) >= 11 is 0. The van der Waals surface area contributed by atoms with Crippen LogP contribution in [0.4, 0.5) is 5.69 Å². The number of amidine groups is 1. The van der Waals surface area contributed by atoms with Crippen molar-refractivity contribution in [2.75, 3.05) is 12.4 Å². The lowest BCUT2D eigenvalue weighted by molar-refractivity contribution is -0.124. The van der Waals surface area contributed by atoms with Crippen molar-refractivity contribution in [2.45, 2.75) is 33.1 Å². The molecule has 6 nitrogen and oxygen atoms in total. The minimum absolute atomic E-state index is 0.0263. The zero-order valence-electron chi connectivity index (χ0n) is 18.5. The molecule has 6 heteroatoms. The molecular weight excluding hydrogens is 390 g/mol. The Labute approximate surface area is 183 Å². The Hall–Kier alpha value is -3.51. The molecule has 3 aromatic carbocycles. The van der Waals surface area contributed by atoms with Crippen molar-refractivity contribution in [1.29, 1.82) is 5.41 Å². The summed E-state index contributed by atoms with van der Waals surface area (Å²) in [5.41, 5.74) is 7.87. The Morgan fingerprint density at radius 2 is 1.55 bits per heavy atom. The number of rotatable bonds is 5. The number of anilines is 1. The van der Waals surface area contributed by atoms with Crippen LogP contribution in [0.1, 0.15) is 44.2 Å². The maximum atomic E-state index is 11.2. The second-order valence-electron chi connectivity index (χ2n) is 7.18. The van der Waals surface area contributed by atoms with Gasteiger partial charge in [0.05, 0.1) is 6.42 Å². The van der Waals surface area contributed by atoms with E-state index < -0.39 is 0 Å². The number of ketones is 1. The summed E-state index contributed by atoms with van der Waals surface area (Å²) in [5.74, 6) is 0.0622. The maximum absolute atomic E-state index is 11.2. The summed E-state index contributed by atoms with van der Waals surface area (Å²) in [6.45, 7) is 5.81. The summed E-state index contributed by atoms with van der Waals surface area (Å²) in [6.07, 6.45) is -0.130. The van der Waals surface area contributed by atoms with Gasteiger partial charge in [-0.25, -0.2) is 0 Å². The first-order valence-corrected chi connectivity index (χ1v) is 9.93. The minimum atomic E-state index is -0.344. The molecule has 3 rings (SSSR count). The molecule has 0 unspecified atom stereocenters. The van der Waals surface area contributed by atoms with Crippen molar-refractivity contribution in [3.8, 4) is 0 Å². The molecule has 0 spiro atoms. The third-order valence-electron chi connectivity index (χ3n) is 4.33. The Bertz CT molecular complexity index is 1010. The Kier molecular flexibility index (Phi) is 10.6. The van der Waals surface area contributed by atoms with Gasteiger partial charge in [0.25, 0.3) is 0 Å². The quantitative estimate of drug-likeness (QED) is 0.276. The van der Waals surface area contributed by atoms with Crippen LogP contribution >= 0.6 is 0 Å². The van der Waals surface area contributed by atoms with E-state index in [0.717, 1.165) is 7.11 Å².